The number of rotatable bonds is 5. The van der Waals surface area contributed by atoms with Crippen LogP contribution in [0.4, 0.5) is 13.2 Å². The lowest BCUT2D eigenvalue weighted by Gasteiger charge is -2.30. The van der Waals surface area contributed by atoms with Crippen molar-refractivity contribution in [1.82, 2.24) is 5.32 Å². The van der Waals surface area contributed by atoms with Crippen LogP contribution in [0, 0.1) is 17.8 Å². The Bertz CT molecular complexity index is 374. The molecule has 1 aliphatic carbocycles. The van der Waals surface area contributed by atoms with E-state index in [0.29, 0.717) is 6.42 Å². The van der Waals surface area contributed by atoms with Gasteiger partial charge in [-0.25, -0.2) is 4.79 Å². The SMILES string of the molecule is CC(C)C[C@@H](NC(=O)C1CCC(C(F)(F)F)CC1)C(=O)O. The molecule has 0 aromatic heterocycles. The van der Waals surface area contributed by atoms with Crippen molar-refractivity contribution in [2.24, 2.45) is 17.8 Å². The molecular weight excluding hydrogens is 287 g/mol. The zero-order valence-electron chi connectivity index (χ0n) is 12.2. The minimum Gasteiger partial charge on any atom is -0.480 e. The van der Waals surface area contributed by atoms with E-state index in [1.807, 2.05) is 13.8 Å². The molecule has 0 radical (unpaired) electrons. The van der Waals surface area contributed by atoms with E-state index in [9.17, 15) is 22.8 Å². The topological polar surface area (TPSA) is 66.4 Å². The Labute approximate surface area is 122 Å². The molecule has 0 aromatic carbocycles. The molecule has 1 fully saturated rings. The molecule has 2 N–H and O–H groups in total. The van der Waals surface area contributed by atoms with E-state index in [-0.39, 0.29) is 31.6 Å². The summed E-state index contributed by atoms with van der Waals surface area (Å²) < 4.78 is 37.7. The predicted octanol–water partition coefficient (Wildman–Crippen LogP) is 2.97. The van der Waals surface area contributed by atoms with Gasteiger partial charge in [0.1, 0.15) is 6.04 Å². The molecule has 0 aliphatic heterocycles. The molecule has 0 unspecified atom stereocenters. The van der Waals surface area contributed by atoms with Crippen molar-refractivity contribution in [3.05, 3.63) is 0 Å². The molecule has 0 heterocycles. The summed E-state index contributed by atoms with van der Waals surface area (Å²) in [7, 11) is 0. The monoisotopic (exact) mass is 309 g/mol. The minimum absolute atomic E-state index is 0.0660. The molecule has 122 valence electrons. The summed E-state index contributed by atoms with van der Waals surface area (Å²) in [4.78, 5) is 23.1. The van der Waals surface area contributed by atoms with Crippen LogP contribution < -0.4 is 5.32 Å². The molecule has 1 rings (SSSR count). The smallest absolute Gasteiger partial charge is 0.391 e. The largest absolute Gasteiger partial charge is 0.480 e. The number of aliphatic carboxylic acids is 1. The highest BCUT2D eigenvalue weighted by molar-refractivity contribution is 5.85. The molecule has 1 aliphatic rings. The lowest BCUT2D eigenvalue weighted by atomic mass is 9.81. The van der Waals surface area contributed by atoms with E-state index in [1.165, 1.54) is 0 Å². The lowest BCUT2D eigenvalue weighted by Crippen LogP contribution is -2.45. The third kappa shape index (κ3) is 5.55. The van der Waals surface area contributed by atoms with Crippen molar-refractivity contribution in [1.29, 1.82) is 0 Å². The molecule has 7 heteroatoms. The predicted molar refractivity (Wildman–Crippen MR) is 70.5 cm³/mol. The molecule has 1 saturated carbocycles. The van der Waals surface area contributed by atoms with Crippen LogP contribution in [0.3, 0.4) is 0 Å². The maximum atomic E-state index is 12.6. The van der Waals surface area contributed by atoms with Gasteiger partial charge in [0.05, 0.1) is 5.92 Å². The third-order valence-electron chi connectivity index (χ3n) is 3.88. The van der Waals surface area contributed by atoms with Gasteiger partial charge in [0.2, 0.25) is 5.91 Å². The standard InChI is InChI=1S/C14H22F3NO3/c1-8(2)7-11(13(20)21)18-12(19)9-3-5-10(6-4-9)14(15,16)17/h8-11H,3-7H2,1-2H3,(H,18,19)(H,20,21)/t9?,10?,11-/m1/s1. The van der Waals surface area contributed by atoms with Gasteiger partial charge in [-0.1, -0.05) is 13.8 Å². The van der Waals surface area contributed by atoms with Gasteiger partial charge >= 0.3 is 12.1 Å². The second kappa shape index (κ2) is 7.13. The highest BCUT2D eigenvalue weighted by atomic mass is 19.4. The van der Waals surface area contributed by atoms with Crippen molar-refractivity contribution in [2.45, 2.75) is 58.2 Å². The van der Waals surface area contributed by atoms with Crippen molar-refractivity contribution >= 4 is 11.9 Å². The fraction of sp³-hybridized carbons (Fsp3) is 0.857. The summed E-state index contributed by atoms with van der Waals surface area (Å²) in [6.45, 7) is 3.69. The Morgan fingerprint density at radius 2 is 1.71 bits per heavy atom. The summed E-state index contributed by atoms with van der Waals surface area (Å²) in [6, 6.07) is -0.974. The van der Waals surface area contributed by atoms with E-state index in [1.54, 1.807) is 0 Å². The Kier molecular flexibility index (Phi) is 6.04. The zero-order chi connectivity index (χ0) is 16.2. The quantitative estimate of drug-likeness (QED) is 0.820. The number of carboxylic acids is 1. The number of alkyl halides is 3. The van der Waals surface area contributed by atoms with Gasteiger partial charge in [-0.2, -0.15) is 13.2 Å². The Hall–Kier alpha value is -1.27. The van der Waals surface area contributed by atoms with Crippen LogP contribution in [0.25, 0.3) is 0 Å². The number of carboxylic acid groups (broad SMARTS) is 1. The van der Waals surface area contributed by atoms with E-state index in [4.69, 9.17) is 5.11 Å². The van der Waals surface area contributed by atoms with Gasteiger partial charge < -0.3 is 10.4 Å². The van der Waals surface area contributed by atoms with Crippen LogP contribution in [0.1, 0.15) is 46.0 Å². The van der Waals surface area contributed by atoms with Crippen LogP contribution in [0.5, 0.6) is 0 Å². The average Bonchev–Trinajstić information content (AvgIpc) is 2.36. The normalized spacial score (nSPS) is 24.7. The fourth-order valence-corrected chi connectivity index (χ4v) is 2.67. The van der Waals surface area contributed by atoms with Crippen LogP contribution in [-0.2, 0) is 9.59 Å². The summed E-state index contributed by atoms with van der Waals surface area (Å²) >= 11 is 0. The summed E-state index contributed by atoms with van der Waals surface area (Å²) in [5.74, 6) is -3.30. The van der Waals surface area contributed by atoms with Crippen LogP contribution in [0.15, 0.2) is 0 Å². The molecule has 1 amide bonds. The molecule has 0 spiro atoms. The fourth-order valence-electron chi connectivity index (χ4n) is 2.67. The van der Waals surface area contributed by atoms with Crippen LogP contribution >= 0.6 is 0 Å². The molecule has 0 saturated heterocycles. The highest BCUT2D eigenvalue weighted by Gasteiger charge is 2.42. The number of halogens is 3. The maximum Gasteiger partial charge on any atom is 0.391 e. The van der Waals surface area contributed by atoms with Crippen molar-refractivity contribution in [3.8, 4) is 0 Å². The Balaban J connectivity index is 2.51. The maximum absolute atomic E-state index is 12.6. The van der Waals surface area contributed by atoms with Crippen LogP contribution in [0.2, 0.25) is 0 Å². The van der Waals surface area contributed by atoms with Gasteiger partial charge in [-0.05, 0) is 38.0 Å². The first-order valence-electron chi connectivity index (χ1n) is 7.21. The molecular formula is C14H22F3NO3. The molecule has 0 aromatic rings. The molecule has 4 nitrogen and oxygen atoms in total. The van der Waals surface area contributed by atoms with E-state index < -0.39 is 35.9 Å². The van der Waals surface area contributed by atoms with Gasteiger partial charge in [0.25, 0.3) is 0 Å². The lowest BCUT2D eigenvalue weighted by molar-refractivity contribution is -0.184. The summed E-state index contributed by atoms with van der Waals surface area (Å²) in [5, 5.41) is 11.5. The van der Waals surface area contributed by atoms with E-state index in [0.717, 1.165) is 0 Å². The summed E-state index contributed by atoms with van der Waals surface area (Å²) in [6.07, 6.45) is -3.72. The molecule has 21 heavy (non-hydrogen) atoms. The Morgan fingerprint density at radius 1 is 1.19 bits per heavy atom. The van der Waals surface area contributed by atoms with Crippen molar-refractivity contribution in [3.63, 3.8) is 0 Å². The van der Waals surface area contributed by atoms with Gasteiger partial charge in [-0.3, -0.25) is 4.79 Å². The Morgan fingerprint density at radius 3 is 2.10 bits per heavy atom. The number of hydrogen-bond acceptors (Lipinski definition) is 2. The first kappa shape index (κ1) is 17.8. The number of nitrogens with one attached hydrogen (secondary N) is 1. The highest BCUT2D eigenvalue weighted by Crippen LogP contribution is 2.39. The number of hydrogen-bond donors (Lipinski definition) is 2. The number of amides is 1. The number of carbonyl (C=O) groups excluding carboxylic acids is 1. The molecule has 0 bridgehead atoms. The van der Waals surface area contributed by atoms with E-state index >= 15 is 0 Å². The first-order valence-corrected chi connectivity index (χ1v) is 7.21. The van der Waals surface area contributed by atoms with E-state index in [2.05, 4.69) is 5.32 Å². The first-order chi connectivity index (χ1) is 9.61. The third-order valence-corrected chi connectivity index (χ3v) is 3.88. The minimum atomic E-state index is -4.21. The second-order valence-corrected chi connectivity index (χ2v) is 6.12. The summed E-state index contributed by atoms with van der Waals surface area (Å²) in [5.41, 5.74) is 0. The van der Waals surface area contributed by atoms with Crippen molar-refractivity contribution < 1.29 is 27.9 Å². The number of carbonyl (C=O) groups is 2. The average molecular weight is 309 g/mol. The van der Waals surface area contributed by atoms with Gasteiger partial charge in [-0.15, -0.1) is 0 Å². The molecule has 1 atom stereocenters. The van der Waals surface area contributed by atoms with Gasteiger partial charge in [0, 0.05) is 5.92 Å². The van der Waals surface area contributed by atoms with Crippen LogP contribution in [-0.4, -0.2) is 29.2 Å². The second-order valence-electron chi connectivity index (χ2n) is 6.12. The van der Waals surface area contributed by atoms with Crippen molar-refractivity contribution in [2.75, 3.05) is 0 Å². The zero-order valence-corrected chi connectivity index (χ0v) is 12.2. The van der Waals surface area contributed by atoms with Gasteiger partial charge in [0.15, 0.2) is 0 Å².